The Morgan fingerprint density at radius 1 is 1.38 bits per heavy atom. The molecular weight excluding hydrogens is 268 g/mol. The summed E-state index contributed by atoms with van der Waals surface area (Å²) in [5, 5.41) is 13.7. The van der Waals surface area contributed by atoms with Gasteiger partial charge in [0.1, 0.15) is 0 Å². The lowest BCUT2D eigenvalue weighted by Crippen LogP contribution is -2.34. The molecule has 2 rings (SSSR count). The lowest BCUT2D eigenvalue weighted by molar-refractivity contribution is 0.126. The third kappa shape index (κ3) is 3.03. The molecule has 3 nitrogen and oxygen atoms in total. The van der Waals surface area contributed by atoms with Crippen molar-refractivity contribution in [2.75, 3.05) is 6.54 Å². The molecule has 2 atom stereocenters. The molecule has 0 radical (unpaired) electrons. The van der Waals surface area contributed by atoms with E-state index in [0.29, 0.717) is 0 Å². The first-order valence-corrected chi connectivity index (χ1v) is 6.58. The highest BCUT2D eigenvalue weighted by Crippen LogP contribution is 2.23. The Morgan fingerprint density at radius 2 is 2.25 bits per heavy atom. The van der Waals surface area contributed by atoms with Crippen molar-refractivity contribution in [3.05, 3.63) is 28.5 Å². The van der Waals surface area contributed by atoms with Gasteiger partial charge in [0.15, 0.2) is 0 Å². The predicted molar refractivity (Wildman–Crippen MR) is 67.2 cm³/mol. The maximum atomic E-state index is 10.3. The van der Waals surface area contributed by atoms with Crippen LogP contribution < -0.4 is 5.32 Å². The van der Waals surface area contributed by atoms with Crippen LogP contribution in [-0.4, -0.2) is 22.7 Å². The molecule has 2 heterocycles. The van der Waals surface area contributed by atoms with Crippen LogP contribution in [0.4, 0.5) is 0 Å². The number of aliphatic hydroxyl groups excluding tert-OH is 1. The summed E-state index contributed by atoms with van der Waals surface area (Å²) < 4.78 is 0.915. The van der Waals surface area contributed by atoms with Crippen LogP contribution in [0.25, 0.3) is 0 Å². The van der Waals surface area contributed by atoms with E-state index >= 15 is 0 Å². The Balaban J connectivity index is 2.07. The van der Waals surface area contributed by atoms with E-state index in [2.05, 4.69) is 26.2 Å². The number of hydrogen-bond acceptors (Lipinski definition) is 3. The summed E-state index contributed by atoms with van der Waals surface area (Å²) in [4.78, 5) is 4.09. The van der Waals surface area contributed by atoms with Crippen LogP contribution >= 0.6 is 15.9 Å². The summed E-state index contributed by atoms with van der Waals surface area (Å²) in [5.74, 6) is 0. The van der Waals surface area contributed by atoms with Gasteiger partial charge in [0.25, 0.3) is 0 Å². The van der Waals surface area contributed by atoms with Gasteiger partial charge in [-0.3, -0.25) is 4.98 Å². The molecule has 4 heteroatoms. The molecule has 2 unspecified atom stereocenters. The second-order valence-electron chi connectivity index (χ2n) is 4.29. The van der Waals surface area contributed by atoms with Crippen LogP contribution in [0, 0.1) is 0 Å². The molecule has 1 aromatic rings. The topological polar surface area (TPSA) is 45.2 Å². The summed E-state index contributed by atoms with van der Waals surface area (Å²) in [5.41, 5.74) is 0.883. The smallest absolute Gasteiger partial charge is 0.0958 e. The van der Waals surface area contributed by atoms with E-state index in [1.54, 1.807) is 12.4 Å². The second-order valence-corrected chi connectivity index (χ2v) is 5.21. The molecular formula is C12H17BrN2O. The molecule has 1 aliphatic rings. The standard InChI is InChI=1S/C12H17BrN2O/c13-10-6-9(7-14-8-10)12(16)11-4-2-1-3-5-15-11/h6-8,11-12,15-16H,1-5H2. The van der Waals surface area contributed by atoms with Crippen LogP contribution in [0.1, 0.15) is 37.4 Å². The zero-order valence-corrected chi connectivity index (χ0v) is 10.8. The second kappa shape index (κ2) is 5.75. The first-order chi connectivity index (χ1) is 7.77. The summed E-state index contributed by atoms with van der Waals surface area (Å²) in [6.45, 7) is 1.00. The Labute approximate surface area is 104 Å². The molecule has 0 aromatic carbocycles. The molecule has 1 aromatic heterocycles. The van der Waals surface area contributed by atoms with Crippen molar-refractivity contribution in [1.82, 2.24) is 10.3 Å². The van der Waals surface area contributed by atoms with Crippen molar-refractivity contribution in [1.29, 1.82) is 0 Å². The van der Waals surface area contributed by atoms with Crippen LogP contribution in [0.2, 0.25) is 0 Å². The maximum Gasteiger partial charge on any atom is 0.0958 e. The highest BCUT2D eigenvalue weighted by Gasteiger charge is 2.21. The number of aromatic nitrogens is 1. The molecule has 16 heavy (non-hydrogen) atoms. The lowest BCUT2D eigenvalue weighted by atomic mass is 10.00. The molecule has 0 spiro atoms. The fourth-order valence-electron chi connectivity index (χ4n) is 2.15. The van der Waals surface area contributed by atoms with E-state index in [0.717, 1.165) is 23.0 Å². The van der Waals surface area contributed by atoms with Crippen molar-refractivity contribution in [3.63, 3.8) is 0 Å². The molecule has 0 amide bonds. The summed E-state index contributed by atoms with van der Waals surface area (Å²) >= 11 is 3.38. The lowest BCUT2D eigenvalue weighted by Gasteiger charge is -2.22. The zero-order chi connectivity index (χ0) is 11.4. The largest absolute Gasteiger partial charge is 0.387 e. The minimum atomic E-state index is -0.455. The van der Waals surface area contributed by atoms with E-state index in [4.69, 9.17) is 0 Å². The molecule has 1 fully saturated rings. The van der Waals surface area contributed by atoms with Crippen LogP contribution in [-0.2, 0) is 0 Å². The number of halogens is 1. The first kappa shape index (κ1) is 12.0. The van der Waals surface area contributed by atoms with Crippen LogP contribution in [0.3, 0.4) is 0 Å². The highest BCUT2D eigenvalue weighted by molar-refractivity contribution is 9.10. The van der Waals surface area contributed by atoms with Gasteiger partial charge in [0.2, 0.25) is 0 Å². The van der Waals surface area contributed by atoms with Crippen molar-refractivity contribution >= 4 is 15.9 Å². The van der Waals surface area contributed by atoms with Crippen molar-refractivity contribution in [2.45, 2.75) is 37.8 Å². The van der Waals surface area contributed by atoms with Crippen LogP contribution in [0.15, 0.2) is 22.9 Å². The quantitative estimate of drug-likeness (QED) is 0.877. The molecule has 2 N–H and O–H groups in total. The van der Waals surface area contributed by atoms with Gasteiger partial charge in [-0.15, -0.1) is 0 Å². The number of hydrogen-bond donors (Lipinski definition) is 2. The number of aliphatic hydroxyl groups is 1. The first-order valence-electron chi connectivity index (χ1n) is 5.79. The van der Waals surface area contributed by atoms with Crippen molar-refractivity contribution in [2.24, 2.45) is 0 Å². The van der Waals surface area contributed by atoms with E-state index in [1.165, 1.54) is 19.3 Å². The Kier molecular flexibility index (Phi) is 4.32. The summed E-state index contributed by atoms with van der Waals surface area (Å²) in [7, 11) is 0. The fraction of sp³-hybridized carbons (Fsp3) is 0.583. The van der Waals surface area contributed by atoms with Gasteiger partial charge in [-0.2, -0.15) is 0 Å². The normalized spacial score (nSPS) is 23.8. The third-order valence-corrected chi connectivity index (χ3v) is 3.48. The average Bonchev–Trinajstić information content (AvgIpc) is 2.56. The number of rotatable bonds is 2. The van der Waals surface area contributed by atoms with Gasteiger partial charge >= 0.3 is 0 Å². The summed E-state index contributed by atoms with van der Waals surface area (Å²) in [6.07, 6.45) is 7.71. The Bertz CT molecular complexity index is 338. The van der Waals surface area contributed by atoms with E-state index in [-0.39, 0.29) is 6.04 Å². The van der Waals surface area contributed by atoms with E-state index in [9.17, 15) is 5.11 Å². The van der Waals surface area contributed by atoms with Gasteiger partial charge in [-0.1, -0.05) is 12.8 Å². The summed E-state index contributed by atoms with van der Waals surface area (Å²) in [6, 6.07) is 2.10. The van der Waals surface area contributed by atoms with Gasteiger partial charge in [0.05, 0.1) is 6.10 Å². The molecule has 0 saturated carbocycles. The molecule has 0 bridgehead atoms. The van der Waals surface area contributed by atoms with E-state index in [1.807, 2.05) is 6.07 Å². The van der Waals surface area contributed by atoms with Gasteiger partial charge in [-0.25, -0.2) is 0 Å². The van der Waals surface area contributed by atoms with Gasteiger partial charge < -0.3 is 10.4 Å². The number of nitrogens with one attached hydrogen (secondary N) is 1. The van der Waals surface area contributed by atoms with Crippen molar-refractivity contribution in [3.8, 4) is 0 Å². The Hall–Kier alpha value is -0.450. The Morgan fingerprint density at radius 3 is 3.06 bits per heavy atom. The van der Waals surface area contributed by atoms with E-state index < -0.39 is 6.10 Å². The van der Waals surface area contributed by atoms with Gasteiger partial charge in [-0.05, 0) is 41.4 Å². The highest BCUT2D eigenvalue weighted by atomic mass is 79.9. The maximum absolute atomic E-state index is 10.3. The monoisotopic (exact) mass is 284 g/mol. The molecule has 1 aliphatic heterocycles. The minimum absolute atomic E-state index is 0.165. The van der Waals surface area contributed by atoms with Crippen LogP contribution in [0.5, 0.6) is 0 Å². The van der Waals surface area contributed by atoms with Crippen molar-refractivity contribution < 1.29 is 5.11 Å². The molecule has 0 aliphatic carbocycles. The number of pyridine rings is 1. The zero-order valence-electron chi connectivity index (χ0n) is 9.19. The fourth-order valence-corrected chi connectivity index (χ4v) is 2.53. The number of nitrogens with zero attached hydrogens (tertiary/aromatic N) is 1. The SMILES string of the molecule is OC(c1cncc(Br)c1)C1CCCCCN1. The molecule has 1 saturated heterocycles. The third-order valence-electron chi connectivity index (χ3n) is 3.05. The average molecular weight is 285 g/mol. The van der Waals surface area contributed by atoms with Gasteiger partial charge in [0, 0.05) is 28.5 Å². The minimum Gasteiger partial charge on any atom is -0.387 e. The molecule has 88 valence electrons. The predicted octanol–water partition coefficient (Wildman–Crippen LogP) is 2.41.